The molecule has 0 fully saturated rings. The maximum atomic E-state index is 8.42. The van der Waals surface area contributed by atoms with E-state index in [0.29, 0.717) is 0 Å². The third-order valence-corrected chi connectivity index (χ3v) is 2.66. The predicted octanol–water partition coefficient (Wildman–Crippen LogP) is 1.26. The van der Waals surface area contributed by atoms with Gasteiger partial charge in [-0.15, -0.1) is 0 Å². The molecule has 0 unspecified atom stereocenters. The highest BCUT2D eigenvalue weighted by Gasteiger charge is 1.96. The highest BCUT2D eigenvalue weighted by molar-refractivity contribution is 5.27. The van der Waals surface area contributed by atoms with Gasteiger partial charge in [-0.2, -0.15) is 5.26 Å². The molecule has 0 aliphatic rings. The Labute approximate surface area is 121 Å². The normalized spacial score (nSPS) is 10.5. The van der Waals surface area contributed by atoms with Gasteiger partial charge in [-0.3, -0.25) is 0 Å². The fraction of sp³-hybridized carbons (Fsp3) is 0.533. The number of hydrogen-bond donors (Lipinski definition) is 1. The topological polar surface area (TPSA) is 57.5 Å². The van der Waals surface area contributed by atoms with Crippen molar-refractivity contribution in [3.05, 3.63) is 29.8 Å². The summed E-state index contributed by atoms with van der Waals surface area (Å²) in [6.07, 6.45) is 0. The molecular weight excluding hydrogens is 254 g/mol. The fourth-order valence-corrected chi connectivity index (χ4v) is 1.55. The van der Waals surface area contributed by atoms with Crippen molar-refractivity contribution in [1.29, 1.82) is 5.26 Å². The van der Waals surface area contributed by atoms with Crippen LogP contribution in [0.4, 0.5) is 0 Å². The maximum Gasteiger partial charge on any atom is 0.174 e. The Bertz CT molecular complexity index is 399. The van der Waals surface area contributed by atoms with Gasteiger partial charge in [0.1, 0.15) is 11.8 Å². The van der Waals surface area contributed by atoms with Crippen LogP contribution in [0.3, 0.4) is 0 Å². The first-order valence-corrected chi connectivity index (χ1v) is 6.74. The van der Waals surface area contributed by atoms with Gasteiger partial charge in [-0.25, -0.2) is 0 Å². The first kappa shape index (κ1) is 16.4. The van der Waals surface area contributed by atoms with Crippen molar-refractivity contribution in [3.8, 4) is 11.8 Å². The van der Waals surface area contributed by atoms with E-state index in [9.17, 15) is 0 Å². The van der Waals surface area contributed by atoms with Crippen LogP contribution in [-0.4, -0.2) is 51.9 Å². The molecule has 0 spiro atoms. The van der Waals surface area contributed by atoms with Crippen molar-refractivity contribution >= 4 is 0 Å². The minimum atomic E-state index is 0.0852. The van der Waals surface area contributed by atoms with Gasteiger partial charge in [0, 0.05) is 19.6 Å². The molecule has 0 saturated carbocycles. The molecule has 0 amide bonds. The summed E-state index contributed by atoms with van der Waals surface area (Å²) in [5, 5.41) is 11.7. The Balaban J connectivity index is 2.08. The number of ether oxygens (including phenoxy) is 2. The molecule has 0 bridgehead atoms. The summed E-state index contributed by atoms with van der Waals surface area (Å²) in [4.78, 5) is 2.10. The van der Waals surface area contributed by atoms with Crippen LogP contribution in [-0.2, 0) is 11.3 Å². The monoisotopic (exact) mass is 277 g/mol. The number of nitrogens with one attached hydrogen (secondary N) is 1. The average molecular weight is 277 g/mol. The zero-order valence-corrected chi connectivity index (χ0v) is 12.3. The molecule has 0 heterocycles. The molecule has 0 aliphatic heterocycles. The fourth-order valence-electron chi connectivity index (χ4n) is 1.55. The molecule has 1 aromatic carbocycles. The number of nitrogens with zero attached hydrogens (tertiary/aromatic N) is 2. The lowest BCUT2D eigenvalue weighted by molar-refractivity contribution is 0.119. The van der Waals surface area contributed by atoms with Crippen molar-refractivity contribution in [2.75, 3.05) is 47.0 Å². The molecule has 1 N–H and O–H groups in total. The van der Waals surface area contributed by atoms with E-state index >= 15 is 0 Å². The summed E-state index contributed by atoms with van der Waals surface area (Å²) in [5.74, 6) is 0.724. The van der Waals surface area contributed by atoms with Crippen LogP contribution >= 0.6 is 0 Å². The Kier molecular flexibility index (Phi) is 8.40. The van der Waals surface area contributed by atoms with Crippen molar-refractivity contribution in [2.45, 2.75) is 6.54 Å². The van der Waals surface area contributed by atoms with E-state index in [0.717, 1.165) is 38.6 Å². The molecule has 5 nitrogen and oxygen atoms in total. The van der Waals surface area contributed by atoms with E-state index in [-0.39, 0.29) is 6.61 Å². The van der Waals surface area contributed by atoms with Gasteiger partial charge in [0.25, 0.3) is 0 Å². The van der Waals surface area contributed by atoms with Gasteiger partial charge >= 0.3 is 0 Å². The van der Waals surface area contributed by atoms with Crippen LogP contribution < -0.4 is 10.1 Å². The van der Waals surface area contributed by atoms with Crippen LogP contribution in [0.5, 0.6) is 5.75 Å². The Hall–Kier alpha value is -1.61. The summed E-state index contributed by atoms with van der Waals surface area (Å²) < 4.78 is 10.7. The lowest BCUT2D eigenvalue weighted by Crippen LogP contribution is -2.23. The molecule has 0 atom stereocenters. The second kappa shape index (κ2) is 10.2. The molecule has 0 radical (unpaired) electrons. The van der Waals surface area contributed by atoms with Crippen LogP contribution in [0.2, 0.25) is 0 Å². The van der Waals surface area contributed by atoms with Gasteiger partial charge in [0.15, 0.2) is 6.61 Å². The maximum absolute atomic E-state index is 8.42. The van der Waals surface area contributed by atoms with Gasteiger partial charge in [0.2, 0.25) is 0 Å². The minimum Gasteiger partial charge on any atom is -0.479 e. The summed E-state index contributed by atoms with van der Waals surface area (Å²) in [5.41, 5.74) is 1.18. The molecular formula is C15H23N3O2. The van der Waals surface area contributed by atoms with Crippen LogP contribution in [0.15, 0.2) is 24.3 Å². The van der Waals surface area contributed by atoms with Crippen molar-refractivity contribution in [3.63, 3.8) is 0 Å². The molecule has 0 saturated heterocycles. The molecule has 1 aromatic rings. The highest BCUT2D eigenvalue weighted by Crippen LogP contribution is 2.11. The zero-order chi connectivity index (χ0) is 14.6. The largest absolute Gasteiger partial charge is 0.479 e. The number of likely N-dealkylation sites (N-methyl/N-ethyl adjacent to an activating group) is 1. The number of nitriles is 1. The van der Waals surface area contributed by atoms with Crippen molar-refractivity contribution in [2.24, 2.45) is 0 Å². The Morgan fingerprint density at radius 2 is 1.95 bits per heavy atom. The lowest BCUT2D eigenvalue weighted by atomic mass is 10.2. The first-order valence-electron chi connectivity index (χ1n) is 6.74. The van der Waals surface area contributed by atoms with Crippen LogP contribution in [0.1, 0.15) is 5.56 Å². The van der Waals surface area contributed by atoms with Gasteiger partial charge in [-0.05, 0) is 31.8 Å². The third kappa shape index (κ3) is 7.74. The standard InChI is InChI=1S/C15H23N3O2/c1-18(2)9-12-19-11-8-17-13-14-3-5-15(6-4-14)20-10-7-16/h3-6,17H,8-13H2,1-2H3. The lowest BCUT2D eigenvalue weighted by Gasteiger charge is -2.10. The first-order chi connectivity index (χ1) is 9.72. The van der Waals surface area contributed by atoms with E-state index in [1.165, 1.54) is 5.56 Å². The molecule has 110 valence electrons. The van der Waals surface area contributed by atoms with E-state index in [1.807, 2.05) is 44.4 Å². The quantitative estimate of drug-likeness (QED) is 0.652. The zero-order valence-electron chi connectivity index (χ0n) is 12.3. The second-order valence-electron chi connectivity index (χ2n) is 4.68. The van der Waals surface area contributed by atoms with Gasteiger partial charge < -0.3 is 19.7 Å². The third-order valence-electron chi connectivity index (χ3n) is 2.66. The Morgan fingerprint density at radius 1 is 1.20 bits per heavy atom. The summed E-state index contributed by atoms with van der Waals surface area (Å²) in [6.45, 7) is 4.15. The van der Waals surface area contributed by atoms with E-state index < -0.39 is 0 Å². The second-order valence-corrected chi connectivity index (χ2v) is 4.68. The van der Waals surface area contributed by atoms with E-state index in [1.54, 1.807) is 0 Å². The Morgan fingerprint density at radius 3 is 2.60 bits per heavy atom. The van der Waals surface area contributed by atoms with Crippen molar-refractivity contribution in [1.82, 2.24) is 10.2 Å². The van der Waals surface area contributed by atoms with Gasteiger partial charge in [-0.1, -0.05) is 12.1 Å². The summed E-state index contributed by atoms with van der Waals surface area (Å²) >= 11 is 0. The average Bonchev–Trinajstić information content (AvgIpc) is 2.45. The number of rotatable bonds is 10. The van der Waals surface area contributed by atoms with Gasteiger partial charge in [0.05, 0.1) is 13.2 Å². The predicted molar refractivity (Wildman–Crippen MR) is 78.6 cm³/mol. The molecule has 1 rings (SSSR count). The van der Waals surface area contributed by atoms with E-state index in [4.69, 9.17) is 14.7 Å². The molecule has 0 aliphatic carbocycles. The number of hydrogen-bond acceptors (Lipinski definition) is 5. The molecule has 20 heavy (non-hydrogen) atoms. The van der Waals surface area contributed by atoms with Crippen molar-refractivity contribution < 1.29 is 9.47 Å². The molecule has 5 heteroatoms. The summed E-state index contributed by atoms with van der Waals surface area (Å²) in [7, 11) is 4.07. The SMILES string of the molecule is CN(C)CCOCCNCc1ccc(OCC#N)cc1. The molecule has 0 aromatic heterocycles. The number of benzene rings is 1. The smallest absolute Gasteiger partial charge is 0.174 e. The summed E-state index contributed by atoms with van der Waals surface area (Å²) in [6, 6.07) is 9.68. The highest BCUT2D eigenvalue weighted by atomic mass is 16.5. The van der Waals surface area contributed by atoms with Crippen LogP contribution in [0.25, 0.3) is 0 Å². The van der Waals surface area contributed by atoms with E-state index in [2.05, 4.69) is 10.2 Å². The van der Waals surface area contributed by atoms with Crippen LogP contribution in [0, 0.1) is 11.3 Å². The minimum absolute atomic E-state index is 0.0852.